The van der Waals surface area contributed by atoms with E-state index in [1.54, 1.807) is 7.11 Å². The largest absolute Gasteiger partial charge is 0.497 e. The van der Waals surface area contributed by atoms with Crippen LogP contribution in [0.2, 0.25) is 0 Å². The molecule has 0 spiro atoms. The summed E-state index contributed by atoms with van der Waals surface area (Å²) >= 11 is 0. The first-order valence-corrected chi connectivity index (χ1v) is 6.70. The minimum atomic E-state index is 0.654. The van der Waals surface area contributed by atoms with E-state index in [0.717, 1.165) is 12.3 Å². The van der Waals surface area contributed by atoms with E-state index in [9.17, 15) is 0 Å². The number of hydrogen-bond acceptors (Lipinski definition) is 2. The highest BCUT2D eigenvalue weighted by Gasteiger charge is 2.19. The zero-order chi connectivity index (χ0) is 13.0. The standard InChI is InChI=1S/C16H23NO/c1-17(2)12-14-7-4-5-10-16(14)13-8-6-9-15(11-13)18-3/h6,8-11,14H,4-5,7,12H2,1-3H3. The van der Waals surface area contributed by atoms with Gasteiger partial charge in [-0.25, -0.2) is 0 Å². The van der Waals surface area contributed by atoms with Gasteiger partial charge in [-0.1, -0.05) is 18.2 Å². The third kappa shape index (κ3) is 3.14. The monoisotopic (exact) mass is 245 g/mol. The first-order valence-electron chi connectivity index (χ1n) is 6.70. The van der Waals surface area contributed by atoms with E-state index in [-0.39, 0.29) is 0 Å². The predicted octanol–water partition coefficient (Wildman–Crippen LogP) is 3.44. The van der Waals surface area contributed by atoms with Crippen molar-refractivity contribution < 1.29 is 4.74 Å². The molecule has 0 aliphatic heterocycles. The van der Waals surface area contributed by atoms with Gasteiger partial charge in [-0.05, 0) is 62.5 Å². The Labute approximate surface area is 110 Å². The third-order valence-corrected chi connectivity index (χ3v) is 3.55. The lowest BCUT2D eigenvalue weighted by molar-refractivity contribution is 0.346. The molecular weight excluding hydrogens is 222 g/mol. The van der Waals surface area contributed by atoms with Crippen LogP contribution in [0.15, 0.2) is 30.3 Å². The molecule has 18 heavy (non-hydrogen) atoms. The maximum atomic E-state index is 5.32. The van der Waals surface area contributed by atoms with Gasteiger partial charge < -0.3 is 9.64 Å². The lowest BCUT2D eigenvalue weighted by Crippen LogP contribution is -2.24. The van der Waals surface area contributed by atoms with Gasteiger partial charge in [0, 0.05) is 6.54 Å². The molecule has 1 atom stereocenters. The second-order valence-electron chi connectivity index (χ2n) is 5.28. The maximum absolute atomic E-state index is 5.32. The average Bonchev–Trinajstić information content (AvgIpc) is 2.39. The fourth-order valence-electron chi connectivity index (χ4n) is 2.73. The first kappa shape index (κ1) is 13.2. The molecule has 0 radical (unpaired) electrons. The average molecular weight is 245 g/mol. The molecule has 0 bridgehead atoms. The van der Waals surface area contributed by atoms with Gasteiger partial charge in [0.15, 0.2) is 0 Å². The highest BCUT2D eigenvalue weighted by molar-refractivity contribution is 5.69. The molecule has 0 saturated heterocycles. The first-order chi connectivity index (χ1) is 8.70. The highest BCUT2D eigenvalue weighted by Crippen LogP contribution is 2.34. The molecule has 0 amide bonds. The quantitative estimate of drug-likeness (QED) is 0.805. The van der Waals surface area contributed by atoms with E-state index in [1.165, 1.54) is 30.4 Å². The van der Waals surface area contributed by atoms with Crippen LogP contribution in [-0.4, -0.2) is 32.6 Å². The number of benzene rings is 1. The Bertz CT molecular complexity index is 423. The molecule has 1 aromatic carbocycles. The predicted molar refractivity (Wildman–Crippen MR) is 76.9 cm³/mol. The number of ether oxygens (including phenoxy) is 1. The van der Waals surface area contributed by atoms with E-state index in [2.05, 4.69) is 43.3 Å². The smallest absolute Gasteiger partial charge is 0.119 e. The molecular formula is C16H23NO. The minimum Gasteiger partial charge on any atom is -0.497 e. The molecule has 98 valence electrons. The van der Waals surface area contributed by atoms with Crippen molar-refractivity contribution in [2.75, 3.05) is 27.7 Å². The number of hydrogen-bond donors (Lipinski definition) is 0. The summed E-state index contributed by atoms with van der Waals surface area (Å²) in [5.41, 5.74) is 2.81. The summed E-state index contributed by atoms with van der Waals surface area (Å²) < 4.78 is 5.32. The summed E-state index contributed by atoms with van der Waals surface area (Å²) in [6.07, 6.45) is 6.22. The van der Waals surface area contributed by atoms with Crippen molar-refractivity contribution in [1.29, 1.82) is 0 Å². The van der Waals surface area contributed by atoms with Gasteiger partial charge in [0.05, 0.1) is 7.11 Å². The zero-order valence-electron chi connectivity index (χ0n) is 11.6. The lowest BCUT2D eigenvalue weighted by atomic mass is 9.83. The van der Waals surface area contributed by atoms with E-state index < -0.39 is 0 Å². The lowest BCUT2D eigenvalue weighted by Gasteiger charge is -2.27. The van der Waals surface area contributed by atoms with Gasteiger partial charge in [-0.2, -0.15) is 0 Å². The van der Waals surface area contributed by atoms with Gasteiger partial charge in [0.25, 0.3) is 0 Å². The van der Waals surface area contributed by atoms with Crippen LogP contribution in [0.4, 0.5) is 0 Å². The van der Waals surface area contributed by atoms with Crippen molar-refractivity contribution in [2.24, 2.45) is 5.92 Å². The number of rotatable bonds is 4. The summed E-state index contributed by atoms with van der Waals surface area (Å²) in [6.45, 7) is 1.13. The van der Waals surface area contributed by atoms with Gasteiger partial charge in [0.2, 0.25) is 0 Å². The minimum absolute atomic E-state index is 0.654. The van der Waals surface area contributed by atoms with Crippen LogP contribution in [0.25, 0.3) is 5.57 Å². The van der Waals surface area contributed by atoms with E-state index in [1.807, 2.05) is 6.07 Å². The fraction of sp³-hybridized carbons (Fsp3) is 0.500. The molecule has 2 nitrogen and oxygen atoms in total. The Hall–Kier alpha value is -1.28. The van der Waals surface area contributed by atoms with E-state index >= 15 is 0 Å². The van der Waals surface area contributed by atoms with Crippen LogP contribution >= 0.6 is 0 Å². The van der Waals surface area contributed by atoms with E-state index in [0.29, 0.717) is 5.92 Å². The Balaban J connectivity index is 2.25. The third-order valence-electron chi connectivity index (χ3n) is 3.55. The Morgan fingerprint density at radius 2 is 2.17 bits per heavy atom. The molecule has 1 aliphatic carbocycles. The fourth-order valence-corrected chi connectivity index (χ4v) is 2.73. The molecule has 1 aromatic rings. The number of allylic oxidation sites excluding steroid dienone is 1. The SMILES string of the molecule is COc1cccc(C2=CCCCC2CN(C)C)c1. The van der Waals surface area contributed by atoms with Crippen LogP contribution in [0.1, 0.15) is 24.8 Å². The Morgan fingerprint density at radius 3 is 2.89 bits per heavy atom. The summed E-state index contributed by atoms with van der Waals surface area (Å²) in [5.74, 6) is 1.60. The van der Waals surface area contributed by atoms with Crippen LogP contribution < -0.4 is 4.74 Å². The normalized spacial score (nSPS) is 19.8. The van der Waals surface area contributed by atoms with Crippen LogP contribution in [0.5, 0.6) is 5.75 Å². The summed E-state index contributed by atoms with van der Waals surface area (Å²) in [5, 5.41) is 0. The van der Waals surface area contributed by atoms with Crippen molar-refractivity contribution in [3.05, 3.63) is 35.9 Å². The molecule has 1 aliphatic rings. The van der Waals surface area contributed by atoms with Crippen LogP contribution in [0, 0.1) is 5.92 Å². The van der Waals surface area contributed by atoms with Crippen molar-refractivity contribution in [1.82, 2.24) is 4.90 Å². The van der Waals surface area contributed by atoms with Crippen molar-refractivity contribution >= 4 is 5.57 Å². The molecule has 2 heteroatoms. The molecule has 0 heterocycles. The van der Waals surface area contributed by atoms with Gasteiger partial charge in [-0.3, -0.25) is 0 Å². The maximum Gasteiger partial charge on any atom is 0.119 e. The summed E-state index contributed by atoms with van der Waals surface area (Å²) in [4.78, 5) is 2.28. The topological polar surface area (TPSA) is 12.5 Å². The van der Waals surface area contributed by atoms with Crippen molar-refractivity contribution in [3.8, 4) is 5.75 Å². The highest BCUT2D eigenvalue weighted by atomic mass is 16.5. The van der Waals surface area contributed by atoms with Crippen molar-refractivity contribution in [3.63, 3.8) is 0 Å². The Kier molecular flexibility index (Phi) is 4.43. The zero-order valence-corrected chi connectivity index (χ0v) is 11.6. The van der Waals surface area contributed by atoms with Crippen LogP contribution in [-0.2, 0) is 0 Å². The number of methoxy groups -OCH3 is 1. The second-order valence-corrected chi connectivity index (χ2v) is 5.28. The molecule has 0 saturated carbocycles. The second kappa shape index (κ2) is 6.05. The number of nitrogens with zero attached hydrogens (tertiary/aromatic N) is 1. The van der Waals surface area contributed by atoms with Crippen LogP contribution in [0.3, 0.4) is 0 Å². The molecule has 1 unspecified atom stereocenters. The Morgan fingerprint density at radius 1 is 1.33 bits per heavy atom. The van der Waals surface area contributed by atoms with Gasteiger partial charge >= 0.3 is 0 Å². The van der Waals surface area contributed by atoms with E-state index in [4.69, 9.17) is 4.74 Å². The molecule has 0 fully saturated rings. The van der Waals surface area contributed by atoms with Crippen molar-refractivity contribution in [2.45, 2.75) is 19.3 Å². The molecule has 2 rings (SSSR count). The van der Waals surface area contributed by atoms with Gasteiger partial charge in [0.1, 0.15) is 5.75 Å². The molecule has 0 aromatic heterocycles. The molecule has 0 N–H and O–H groups in total. The van der Waals surface area contributed by atoms with Gasteiger partial charge in [-0.15, -0.1) is 0 Å². The summed E-state index contributed by atoms with van der Waals surface area (Å²) in [6, 6.07) is 8.44. The summed E-state index contributed by atoms with van der Waals surface area (Å²) in [7, 11) is 6.03.